The average Bonchev–Trinajstić information content (AvgIpc) is 2.81. The first-order valence-corrected chi connectivity index (χ1v) is 5.77. The summed E-state index contributed by atoms with van der Waals surface area (Å²) in [6.07, 6.45) is 0.753. The predicted octanol–water partition coefficient (Wildman–Crippen LogP) is 1.36. The van der Waals surface area contributed by atoms with Crippen molar-refractivity contribution >= 4 is 5.69 Å². The molecule has 0 saturated carbocycles. The Morgan fingerprint density at radius 3 is 2.68 bits per heavy atom. The summed E-state index contributed by atoms with van der Waals surface area (Å²) in [6, 6.07) is 6.00. The minimum atomic E-state index is -0.440. The van der Waals surface area contributed by atoms with Gasteiger partial charge < -0.3 is 4.74 Å². The zero-order valence-corrected chi connectivity index (χ0v) is 10.4. The van der Waals surface area contributed by atoms with Gasteiger partial charge in [0, 0.05) is 25.1 Å². The van der Waals surface area contributed by atoms with Gasteiger partial charge in [-0.2, -0.15) is 0 Å². The lowest BCUT2D eigenvalue weighted by atomic mass is 10.3. The van der Waals surface area contributed by atoms with E-state index in [2.05, 4.69) is 15.5 Å². The summed E-state index contributed by atoms with van der Waals surface area (Å²) in [7, 11) is 0. The Morgan fingerprint density at radius 1 is 1.37 bits per heavy atom. The van der Waals surface area contributed by atoms with Crippen molar-refractivity contribution in [3.63, 3.8) is 0 Å². The molecule has 0 fully saturated rings. The summed E-state index contributed by atoms with van der Waals surface area (Å²) in [5.74, 6) is 1.37. The van der Waals surface area contributed by atoms with E-state index in [-0.39, 0.29) is 5.69 Å². The second kappa shape index (κ2) is 5.89. The van der Waals surface area contributed by atoms with Crippen LogP contribution in [0.2, 0.25) is 0 Å². The number of aromatic nitrogens is 4. The number of nitro groups is 1. The monoisotopic (exact) mass is 263 g/mol. The van der Waals surface area contributed by atoms with E-state index in [1.54, 1.807) is 16.8 Å². The van der Waals surface area contributed by atoms with E-state index < -0.39 is 4.92 Å². The van der Waals surface area contributed by atoms with E-state index in [4.69, 9.17) is 4.74 Å². The van der Waals surface area contributed by atoms with Gasteiger partial charge in [0.25, 0.3) is 5.69 Å². The topological polar surface area (TPSA) is 96.0 Å². The van der Waals surface area contributed by atoms with Crippen LogP contribution in [0.25, 0.3) is 0 Å². The van der Waals surface area contributed by atoms with Crippen LogP contribution in [0.4, 0.5) is 5.69 Å². The van der Waals surface area contributed by atoms with Gasteiger partial charge in [-0.05, 0) is 29.5 Å². The first kappa shape index (κ1) is 12.9. The molecule has 1 aromatic carbocycles. The van der Waals surface area contributed by atoms with Crippen LogP contribution in [0.1, 0.15) is 12.2 Å². The van der Waals surface area contributed by atoms with Crippen LogP contribution < -0.4 is 4.74 Å². The lowest BCUT2D eigenvalue weighted by Crippen LogP contribution is -2.07. The van der Waals surface area contributed by atoms with Crippen molar-refractivity contribution in [3.8, 4) is 5.75 Å². The molecule has 1 heterocycles. The van der Waals surface area contributed by atoms with Crippen LogP contribution in [-0.2, 0) is 6.54 Å². The van der Waals surface area contributed by atoms with Crippen LogP contribution >= 0.6 is 0 Å². The van der Waals surface area contributed by atoms with Crippen molar-refractivity contribution in [1.82, 2.24) is 20.2 Å². The van der Waals surface area contributed by atoms with Crippen LogP contribution in [-0.4, -0.2) is 31.7 Å². The Balaban J connectivity index is 1.76. The lowest BCUT2D eigenvalue weighted by molar-refractivity contribution is -0.384. The quantitative estimate of drug-likeness (QED) is 0.443. The molecule has 0 unspecified atom stereocenters. The van der Waals surface area contributed by atoms with E-state index in [1.165, 1.54) is 12.1 Å². The van der Waals surface area contributed by atoms with E-state index in [9.17, 15) is 10.1 Å². The van der Waals surface area contributed by atoms with Crippen molar-refractivity contribution < 1.29 is 9.66 Å². The molecule has 0 amide bonds. The fraction of sp³-hybridized carbons (Fsp3) is 0.364. The summed E-state index contributed by atoms with van der Waals surface area (Å²) in [5, 5.41) is 21.6. The van der Waals surface area contributed by atoms with Gasteiger partial charge in [0.15, 0.2) is 0 Å². The Kier molecular flexibility index (Phi) is 4.01. The molecule has 8 nitrogen and oxygen atoms in total. The molecule has 0 aliphatic rings. The number of nitro benzene ring substituents is 1. The molecule has 0 aliphatic carbocycles. The van der Waals surface area contributed by atoms with Crippen LogP contribution in [0, 0.1) is 17.0 Å². The number of hydrogen-bond acceptors (Lipinski definition) is 6. The van der Waals surface area contributed by atoms with E-state index in [0.29, 0.717) is 18.9 Å². The fourth-order valence-electron chi connectivity index (χ4n) is 1.52. The summed E-state index contributed by atoms with van der Waals surface area (Å²) in [5.41, 5.74) is 0.0525. The van der Waals surface area contributed by atoms with Gasteiger partial charge in [0.05, 0.1) is 11.5 Å². The molecule has 2 rings (SSSR count). The first-order valence-electron chi connectivity index (χ1n) is 5.77. The van der Waals surface area contributed by atoms with Crippen molar-refractivity contribution in [1.29, 1.82) is 0 Å². The zero-order valence-electron chi connectivity index (χ0n) is 10.4. The third-order valence-electron chi connectivity index (χ3n) is 2.54. The third kappa shape index (κ3) is 3.47. The van der Waals surface area contributed by atoms with Crippen molar-refractivity contribution in [2.75, 3.05) is 6.61 Å². The second-order valence-corrected chi connectivity index (χ2v) is 3.90. The van der Waals surface area contributed by atoms with Crippen LogP contribution in [0.5, 0.6) is 5.75 Å². The largest absolute Gasteiger partial charge is 0.494 e. The number of nitrogens with zero attached hydrogens (tertiary/aromatic N) is 5. The van der Waals surface area contributed by atoms with Gasteiger partial charge >= 0.3 is 0 Å². The molecule has 0 spiro atoms. The minimum absolute atomic E-state index is 0.0525. The standard InChI is InChI=1S/C11H13N5O3/c1-9-12-13-14-15(9)7-2-8-19-11-5-3-10(4-6-11)16(17)18/h3-6H,2,7-8H2,1H3. The third-order valence-corrected chi connectivity index (χ3v) is 2.54. The molecule has 19 heavy (non-hydrogen) atoms. The summed E-state index contributed by atoms with van der Waals surface area (Å²) >= 11 is 0. The maximum atomic E-state index is 10.5. The molecule has 1 aromatic heterocycles. The Bertz CT molecular complexity index is 552. The van der Waals surface area contributed by atoms with Crippen molar-refractivity contribution in [2.45, 2.75) is 19.9 Å². The van der Waals surface area contributed by atoms with Crippen LogP contribution in [0.15, 0.2) is 24.3 Å². The highest BCUT2D eigenvalue weighted by molar-refractivity contribution is 5.35. The van der Waals surface area contributed by atoms with Gasteiger partial charge in [-0.3, -0.25) is 10.1 Å². The molecule has 2 aromatic rings. The first-order chi connectivity index (χ1) is 9.16. The highest BCUT2D eigenvalue weighted by atomic mass is 16.6. The second-order valence-electron chi connectivity index (χ2n) is 3.90. The van der Waals surface area contributed by atoms with E-state index in [0.717, 1.165) is 12.2 Å². The number of ether oxygens (including phenoxy) is 1. The zero-order chi connectivity index (χ0) is 13.7. The molecule has 8 heteroatoms. The number of hydrogen-bond donors (Lipinski definition) is 0. The molecule has 0 bridgehead atoms. The highest BCUT2D eigenvalue weighted by Crippen LogP contribution is 2.17. The average molecular weight is 263 g/mol. The summed E-state index contributed by atoms with van der Waals surface area (Å²) in [4.78, 5) is 10.0. The molecular weight excluding hydrogens is 250 g/mol. The number of rotatable bonds is 6. The van der Waals surface area contributed by atoms with Crippen LogP contribution in [0.3, 0.4) is 0 Å². The smallest absolute Gasteiger partial charge is 0.269 e. The van der Waals surface area contributed by atoms with E-state index in [1.807, 2.05) is 6.92 Å². The van der Waals surface area contributed by atoms with E-state index >= 15 is 0 Å². The van der Waals surface area contributed by atoms with Gasteiger partial charge in [0.1, 0.15) is 11.6 Å². The lowest BCUT2D eigenvalue weighted by Gasteiger charge is -2.06. The predicted molar refractivity (Wildman–Crippen MR) is 65.8 cm³/mol. The van der Waals surface area contributed by atoms with Crippen molar-refractivity contribution in [3.05, 3.63) is 40.2 Å². The minimum Gasteiger partial charge on any atom is -0.494 e. The normalized spacial score (nSPS) is 10.4. The fourth-order valence-corrected chi connectivity index (χ4v) is 1.52. The maximum Gasteiger partial charge on any atom is 0.269 e. The van der Waals surface area contributed by atoms with Gasteiger partial charge in [-0.1, -0.05) is 0 Å². The van der Waals surface area contributed by atoms with Gasteiger partial charge in [-0.25, -0.2) is 4.68 Å². The number of aryl methyl sites for hydroxylation is 2. The molecule has 0 atom stereocenters. The molecule has 0 aliphatic heterocycles. The molecule has 0 radical (unpaired) electrons. The van der Waals surface area contributed by atoms with Gasteiger partial charge in [0.2, 0.25) is 0 Å². The Morgan fingerprint density at radius 2 is 2.11 bits per heavy atom. The Hall–Kier alpha value is -2.51. The SMILES string of the molecule is Cc1nnnn1CCCOc1ccc([N+](=O)[O-])cc1. The number of tetrazole rings is 1. The summed E-state index contributed by atoms with van der Waals surface area (Å²) < 4.78 is 7.17. The maximum absolute atomic E-state index is 10.5. The number of benzene rings is 1. The molecular formula is C11H13N5O3. The molecule has 0 N–H and O–H groups in total. The Labute approximate surface area is 109 Å². The number of non-ortho nitro benzene ring substituents is 1. The summed E-state index contributed by atoms with van der Waals surface area (Å²) in [6.45, 7) is 3.00. The van der Waals surface area contributed by atoms with Crippen molar-refractivity contribution in [2.24, 2.45) is 0 Å². The molecule has 0 saturated heterocycles. The van der Waals surface area contributed by atoms with Gasteiger partial charge in [-0.15, -0.1) is 5.10 Å². The molecule has 100 valence electrons. The highest BCUT2D eigenvalue weighted by Gasteiger charge is 2.04.